The highest BCUT2D eigenvalue weighted by atomic mass is 32.2. The van der Waals surface area contributed by atoms with E-state index >= 15 is 0 Å². The molecule has 3 rings (SSSR count). The average Bonchev–Trinajstić information content (AvgIpc) is 2.74. The Bertz CT molecular complexity index is 1070. The number of anilines is 1. The summed E-state index contributed by atoms with van der Waals surface area (Å²) in [7, 11) is -2.34. The summed E-state index contributed by atoms with van der Waals surface area (Å²) in [6.07, 6.45) is 0. The summed E-state index contributed by atoms with van der Waals surface area (Å²) < 4.78 is 39.1. The van der Waals surface area contributed by atoms with Crippen molar-refractivity contribution < 1.29 is 22.7 Å². The number of nitrogens with one attached hydrogen (secondary N) is 2. The normalized spacial score (nSPS) is 10.8. The third-order valence-electron chi connectivity index (χ3n) is 3.89. The van der Waals surface area contributed by atoms with Crippen molar-refractivity contribution in [3.63, 3.8) is 0 Å². The van der Waals surface area contributed by atoms with Gasteiger partial charge >= 0.3 is 0 Å². The van der Waals surface area contributed by atoms with Gasteiger partial charge in [-0.05, 0) is 48.5 Å². The number of carbonyl (C=O) groups excluding carboxylic acids is 1. The van der Waals surface area contributed by atoms with Gasteiger partial charge in [-0.25, -0.2) is 8.42 Å². The number of rotatable bonds is 8. The zero-order chi connectivity index (χ0) is 20.7. The number of hydrogen-bond acceptors (Lipinski definition) is 5. The van der Waals surface area contributed by atoms with Gasteiger partial charge in [0.1, 0.15) is 11.5 Å². The molecule has 0 aromatic heterocycles. The number of benzene rings is 3. The van der Waals surface area contributed by atoms with Crippen LogP contribution in [0.1, 0.15) is 0 Å². The number of likely N-dealkylation sites (N-methyl/N-ethyl adjacent to an activating group) is 1. The Morgan fingerprint density at radius 3 is 2.21 bits per heavy atom. The van der Waals surface area contributed by atoms with E-state index in [9.17, 15) is 13.2 Å². The lowest BCUT2D eigenvalue weighted by atomic mass is 10.3. The minimum absolute atomic E-state index is 0.0549. The molecule has 7 nitrogen and oxygen atoms in total. The monoisotopic (exact) mass is 412 g/mol. The molecule has 0 fully saturated rings. The molecular weight excluding hydrogens is 392 g/mol. The van der Waals surface area contributed by atoms with Crippen LogP contribution in [0.25, 0.3) is 0 Å². The molecule has 0 saturated heterocycles. The van der Waals surface area contributed by atoms with Crippen molar-refractivity contribution in [3.05, 3.63) is 78.9 Å². The molecule has 150 valence electrons. The number of carbonyl (C=O) groups is 1. The molecule has 0 saturated carbocycles. The smallest absolute Gasteiger partial charge is 0.262 e. The van der Waals surface area contributed by atoms with Gasteiger partial charge in [0.2, 0.25) is 0 Å². The van der Waals surface area contributed by atoms with Crippen LogP contribution >= 0.6 is 0 Å². The van der Waals surface area contributed by atoms with Crippen molar-refractivity contribution in [2.75, 3.05) is 18.4 Å². The third kappa shape index (κ3) is 5.49. The summed E-state index contributed by atoms with van der Waals surface area (Å²) in [5.74, 6) is 1.09. The summed E-state index contributed by atoms with van der Waals surface area (Å²) >= 11 is 0. The van der Waals surface area contributed by atoms with Crippen molar-refractivity contribution in [3.8, 4) is 17.2 Å². The van der Waals surface area contributed by atoms with E-state index in [4.69, 9.17) is 9.47 Å². The lowest BCUT2D eigenvalue weighted by molar-refractivity contribution is -0.122. The van der Waals surface area contributed by atoms with Crippen molar-refractivity contribution in [2.24, 2.45) is 0 Å². The van der Waals surface area contributed by atoms with E-state index in [1.54, 1.807) is 36.4 Å². The number of sulfonamides is 1. The Balaban J connectivity index is 1.75. The molecule has 0 aliphatic heterocycles. The van der Waals surface area contributed by atoms with Gasteiger partial charge in [-0.3, -0.25) is 9.52 Å². The quantitative estimate of drug-likeness (QED) is 0.591. The van der Waals surface area contributed by atoms with Gasteiger partial charge in [-0.2, -0.15) is 0 Å². The molecule has 0 spiro atoms. The molecule has 3 aromatic rings. The number of para-hydroxylation sites is 3. The Hall–Kier alpha value is -3.52. The van der Waals surface area contributed by atoms with E-state index < -0.39 is 10.0 Å². The van der Waals surface area contributed by atoms with Crippen LogP contribution in [0.5, 0.6) is 17.2 Å². The van der Waals surface area contributed by atoms with E-state index in [0.717, 1.165) is 0 Å². The molecule has 29 heavy (non-hydrogen) atoms. The minimum atomic E-state index is -3.85. The van der Waals surface area contributed by atoms with Gasteiger partial charge in [0.25, 0.3) is 15.9 Å². The SMILES string of the molecule is CNC(=O)COc1ccc(S(=O)(=O)Nc2ccccc2Oc2ccccc2)cc1. The first-order chi connectivity index (χ1) is 14.0. The molecule has 0 bridgehead atoms. The maximum absolute atomic E-state index is 12.8. The van der Waals surface area contributed by atoms with Crippen LogP contribution in [0.4, 0.5) is 5.69 Å². The highest BCUT2D eigenvalue weighted by molar-refractivity contribution is 7.92. The molecule has 0 heterocycles. The van der Waals surface area contributed by atoms with Crippen LogP contribution in [0.15, 0.2) is 83.8 Å². The molecule has 0 aliphatic rings. The van der Waals surface area contributed by atoms with Crippen LogP contribution < -0.4 is 19.5 Å². The Morgan fingerprint density at radius 1 is 0.862 bits per heavy atom. The van der Waals surface area contributed by atoms with Crippen molar-refractivity contribution in [1.29, 1.82) is 0 Å². The zero-order valence-electron chi connectivity index (χ0n) is 15.7. The second-order valence-electron chi connectivity index (χ2n) is 5.95. The minimum Gasteiger partial charge on any atom is -0.484 e. The largest absolute Gasteiger partial charge is 0.484 e. The third-order valence-corrected chi connectivity index (χ3v) is 5.27. The van der Waals surface area contributed by atoms with Gasteiger partial charge in [0.15, 0.2) is 12.4 Å². The van der Waals surface area contributed by atoms with Crippen LogP contribution in [0.3, 0.4) is 0 Å². The van der Waals surface area contributed by atoms with Gasteiger partial charge < -0.3 is 14.8 Å². The molecular formula is C21H20N2O5S. The molecule has 2 N–H and O–H groups in total. The first-order valence-electron chi connectivity index (χ1n) is 8.76. The summed E-state index contributed by atoms with van der Waals surface area (Å²) in [5.41, 5.74) is 0.316. The first kappa shape index (κ1) is 20.2. The van der Waals surface area contributed by atoms with E-state index in [2.05, 4.69) is 10.0 Å². The Kier molecular flexibility index (Phi) is 6.36. The molecule has 0 aliphatic carbocycles. The predicted molar refractivity (Wildman–Crippen MR) is 110 cm³/mol. The lowest BCUT2D eigenvalue weighted by Gasteiger charge is -2.13. The fourth-order valence-corrected chi connectivity index (χ4v) is 3.47. The summed E-state index contributed by atoms with van der Waals surface area (Å²) in [6.45, 7) is -0.148. The number of ether oxygens (including phenoxy) is 2. The summed E-state index contributed by atoms with van der Waals surface area (Å²) in [5, 5.41) is 2.44. The second-order valence-corrected chi connectivity index (χ2v) is 7.63. The topological polar surface area (TPSA) is 93.7 Å². The first-order valence-corrected chi connectivity index (χ1v) is 10.2. The molecule has 0 atom stereocenters. The van der Waals surface area contributed by atoms with Crippen molar-refractivity contribution in [2.45, 2.75) is 4.90 Å². The molecule has 1 amide bonds. The highest BCUT2D eigenvalue weighted by Crippen LogP contribution is 2.31. The van der Waals surface area contributed by atoms with E-state index in [1.807, 2.05) is 18.2 Å². The number of amides is 1. The maximum atomic E-state index is 12.8. The van der Waals surface area contributed by atoms with Gasteiger partial charge in [-0.15, -0.1) is 0 Å². The van der Waals surface area contributed by atoms with E-state index in [1.165, 1.54) is 31.3 Å². The Morgan fingerprint density at radius 2 is 1.52 bits per heavy atom. The second kappa shape index (κ2) is 9.11. The standard InChI is InChI=1S/C21H20N2O5S/c1-22-21(24)15-27-16-11-13-18(14-12-16)29(25,26)23-19-9-5-6-10-20(19)28-17-7-3-2-4-8-17/h2-14,23H,15H2,1H3,(H,22,24). The summed E-state index contributed by atoms with van der Waals surface area (Å²) in [4.78, 5) is 11.3. The predicted octanol–water partition coefficient (Wildman–Crippen LogP) is 3.40. The van der Waals surface area contributed by atoms with Gasteiger partial charge in [0, 0.05) is 7.05 Å². The fourth-order valence-electron chi connectivity index (χ4n) is 2.40. The molecule has 3 aromatic carbocycles. The van der Waals surface area contributed by atoms with Crippen molar-refractivity contribution >= 4 is 21.6 Å². The number of hydrogen-bond donors (Lipinski definition) is 2. The van der Waals surface area contributed by atoms with Gasteiger partial charge in [0.05, 0.1) is 10.6 Å². The van der Waals surface area contributed by atoms with Crippen LogP contribution in [-0.4, -0.2) is 28.0 Å². The van der Waals surface area contributed by atoms with Gasteiger partial charge in [-0.1, -0.05) is 30.3 Å². The lowest BCUT2D eigenvalue weighted by Crippen LogP contribution is -2.24. The van der Waals surface area contributed by atoms with E-state index in [0.29, 0.717) is 22.9 Å². The zero-order valence-corrected chi connectivity index (χ0v) is 16.5. The molecule has 0 unspecified atom stereocenters. The van der Waals surface area contributed by atoms with Crippen LogP contribution in [0.2, 0.25) is 0 Å². The summed E-state index contributed by atoms with van der Waals surface area (Å²) in [6, 6.07) is 21.6. The average molecular weight is 412 g/mol. The maximum Gasteiger partial charge on any atom is 0.262 e. The Labute approximate surface area is 169 Å². The van der Waals surface area contributed by atoms with Crippen LogP contribution in [-0.2, 0) is 14.8 Å². The fraction of sp³-hybridized carbons (Fsp3) is 0.0952. The highest BCUT2D eigenvalue weighted by Gasteiger charge is 2.17. The molecule has 8 heteroatoms. The van der Waals surface area contributed by atoms with E-state index in [-0.39, 0.29) is 17.4 Å². The van der Waals surface area contributed by atoms with Crippen molar-refractivity contribution in [1.82, 2.24) is 5.32 Å². The molecule has 0 radical (unpaired) electrons. The van der Waals surface area contributed by atoms with Crippen LogP contribution in [0, 0.1) is 0 Å².